The number of anilines is 1. The molecular formula is C26H27NS2. The Morgan fingerprint density at radius 3 is 2.21 bits per heavy atom. The minimum absolute atomic E-state index is 1.05. The zero-order valence-corrected chi connectivity index (χ0v) is 18.6. The van der Waals surface area contributed by atoms with Gasteiger partial charge in [0.1, 0.15) is 0 Å². The third-order valence-corrected chi connectivity index (χ3v) is 7.89. The molecule has 1 nitrogen and oxygen atoms in total. The first-order chi connectivity index (χ1) is 14.4. The van der Waals surface area contributed by atoms with Gasteiger partial charge in [-0.2, -0.15) is 0 Å². The summed E-state index contributed by atoms with van der Waals surface area (Å²) in [5, 5.41) is 16.5. The van der Waals surface area contributed by atoms with E-state index in [0.29, 0.717) is 0 Å². The Morgan fingerprint density at radius 1 is 0.690 bits per heavy atom. The van der Waals surface area contributed by atoms with Crippen LogP contribution in [0.1, 0.15) is 45.4 Å². The summed E-state index contributed by atoms with van der Waals surface area (Å²) in [5.74, 6) is 0. The number of thiophene rings is 2. The summed E-state index contributed by atoms with van der Waals surface area (Å²) in [6.45, 7) is 3.33. The molecule has 0 amide bonds. The maximum atomic E-state index is 3.82. The number of fused-ring (bicyclic) bond motifs is 7. The molecule has 0 spiro atoms. The van der Waals surface area contributed by atoms with Crippen molar-refractivity contribution in [1.82, 2.24) is 0 Å². The molecule has 0 aliphatic carbocycles. The van der Waals surface area contributed by atoms with E-state index in [9.17, 15) is 0 Å². The first-order valence-electron chi connectivity index (χ1n) is 10.8. The third-order valence-electron chi connectivity index (χ3n) is 5.98. The molecule has 148 valence electrons. The highest BCUT2D eigenvalue weighted by Crippen LogP contribution is 2.42. The highest BCUT2D eigenvalue weighted by molar-refractivity contribution is 7.18. The first kappa shape index (κ1) is 18.9. The van der Waals surface area contributed by atoms with Crippen LogP contribution in [0.15, 0.2) is 53.2 Å². The molecule has 0 aliphatic heterocycles. The predicted molar refractivity (Wildman–Crippen MR) is 134 cm³/mol. The van der Waals surface area contributed by atoms with Crippen LogP contribution in [0.2, 0.25) is 0 Å². The minimum atomic E-state index is 1.05. The summed E-state index contributed by atoms with van der Waals surface area (Å²) in [5.41, 5.74) is 1.30. The van der Waals surface area contributed by atoms with Gasteiger partial charge < -0.3 is 5.32 Å². The van der Waals surface area contributed by atoms with Gasteiger partial charge in [-0.05, 0) is 56.9 Å². The maximum Gasteiger partial charge on any atom is 0.0442 e. The quantitative estimate of drug-likeness (QED) is 0.196. The Hall–Kier alpha value is -2.10. The van der Waals surface area contributed by atoms with Gasteiger partial charge in [-0.3, -0.25) is 0 Å². The largest absolute Gasteiger partial charge is 0.384 e. The molecule has 2 heterocycles. The molecule has 0 saturated carbocycles. The van der Waals surface area contributed by atoms with Gasteiger partial charge in [0.2, 0.25) is 0 Å². The van der Waals surface area contributed by atoms with Crippen molar-refractivity contribution in [3.05, 3.63) is 53.2 Å². The lowest BCUT2D eigenvalue weighted by Gasteiger charge is -2.14. The van der Waals surface area contributed by atoms with Crippen molar-refractivity contribution in [3.8, 4) is 0 Å². The molecule has 5 aromatic rings. The lowest BCUT2D eigenvalue weighted by atomic mass is 9.98. The SMILES string of the molecule is CCCCCCCCNc1cc2c(ccc3ccsc32)c2ccc3ccsc3c12. The van der Waals surface area contributed by atoms with Gasteiger partial charge in [0, 0.05) is 32.4 Å². The van der Waals surface area contributed by atoms with Crippen LogP contribution in [0, 0.1) is 0 Å². The normalized spacial score (nSPS) is 11.9. The molecule has 0 aliphatic rings. The molecule has 2 aromatic heterocycles. The standard InChI is InChI=1S/C26H27NS2/c1-2-3-4-5-6-7-14-27-23-17-22-20(10-8-18-12-15-28-25(18)22)21-11-9-19-13-16-29-26(19)24(21)23/h8-13,15-17,27H,2-7,14H2,1H3. The topological polar surface area (TPSA) is 12.0 Å². The summed E-state index contributed by atoms with van der Waals surface area (Å²) < 4.78 is 2.81. The highest BCUT2D eigenvalue weighted by atomic mass is 32.1. The number of rotatable bonds is 8. The van der Waals surface area contributed by atoms with Crippen LogP contribution in [0.25, 0.3) is 41.7 Å². The molecule has 0 atom stereocenters. The van der Waals surface area contributed by atoms with Crippen molar-refractivity contribution < 1.29 is 0 Å². The van der Waals surface area contributed by atoms with E-state index in [0.717, 1.165) is 6.54 Å². The van der Waals surface area contributed by atoms with Gasteiger partial charge >= 0.3 is 0 Å². The molecule has 0 saturated heterocycles. The smallest absolute Gasteiger partial charge is 0.0442 e. The Morgan fingerprint density at radius 2 is 1.38 bits per heavy atom. The molecule has 3 aromatic carbocycles. The molecule has 0 fully saturated rings. The lowest BCUT2D eigenvalue weighted by molar-refractivity contribution is 0.617. The third kappa shape index (κ3) is 3.51. The number of benzene rings is 3. The molecule has 1 N–H and O–H groups in total. The van der Waals surface area contributed by atoms with Crippen LogP contribution in [0.5, 0.6) is 0 Å². The zero-order chi connectivity index (χ0) is 19.6. The summed E-state index contributed by atoms with van der Waals surface area (Å²) in [4.78, 5) is 0. The molecule has 0 unspecified atom stereocenters. The Kier molecular flexibility index (Phi) is 5.43. The fourth-order valence-corrected chi connectivity index (χ4v) is 6.32. The second-order valence-electron chi connectivity index (χ2n) is 7.95. The van der Waals surface area contributed by atoms with Gasteiger partial charge in [0.05, 0.1) is 0 Å². The van der Waals surface area contributed by atoms with Gasteiger partial charge in [-0.25, -0.2) is 0 Å². The maximum absolute atomic E-state index is 3.82. The van der Waals surface area contributed by atoms with Gasteiger partial charge in [0.15, 0.2) is 0 Å². The van der Waals surface area contributed by atoms with E-state index in [4.69, 9.17) is 0 Å². The van der Waals surface area contributed by atoms with E-state index >= 15 is 0 Å². The lowest BCUT2D eigenvalue weighted by Crippen LogP contribution is -2.02. The van der Waals surface area contributed by atoms with Crippen molar-refractivity contribution in [2.45, 2.75) is 45.4 Å². The monoisotopic (exact) mass is 417 g/mol. The average molecular weight is 418 g/mol. The van der Waals surface area contributed by atoms with Crippen LogP contribution >= 0.6 is 22.7 Å². The van der Waals surface area contributed by atoms with E-state index in [2.05, 4.69) is 65.5 Å². The van der Waals surface area contributed by atoms with Crippen LogP contribution in [-0.2, 0) is 0 Å². The van der Waals surface area contributed by atoms with Crippen LogP contribution < -0.4 is 5.32 Å². The van der Waals surface area contributed by atoms with Crippen molar-refractivity contribution in [2.75, 3.05) is 11.9 Å². The van der Waals surface area contributed by atoms with E-state index < -0.39 is 0 Å². The Balaban J connectivity index is 1.57. The van der Waals surface area contributed by atoms with Crippen molar-refractivity contribution in [2.24, 2.45) is 0 Å². The van der Waals surface area contributed by atoms with E-state index in [1.165, 1.54) is 85.9 Å². The number of unbranched alkanes of at least 4 members (excludes halogenated alkanes) is 5. The number of nitrogens with one attached hydrogen (secondary N) is 1. The Bertz CT molecular complexity index is 1280. The molecule has 3 heteroatoms. The molecule has 0 radical (unpaired) electrons. The van der Waals surface area contributed by atoms with E-state index in [1.807, 2.05) is 22.7 Å². The van der Waals surface area contributed by atoms with Crippen LogP contribution in [-0.4, -0.2) is 6.54 Å². The number of hydrogen-bond donors (Lipinski definition) is 1. The molecular weight excluding hydrogens is 390 g/mol. The zero-order valence-electron chi connectivity index (χ0n) is 17.0. The fourth-order valence-electron chi connectivity index (χ4n) is 4.44. The van der Waals surface area contributed by atoms with Crippen molar-refractivity contribution >= 4 is 70.1 Å². The first-order valence-corrected chi connectivity index (χ1v) is 12.6. The van der Waals surface area contributed by atoms with Crippen molar-refractivity contribution in [1.29, 1.82) is 0 Å². The average Bonchev–Trinajstić information content (AvgIpc) is 3.41. The van der Waals surface area contributed by atoms with Crippen LogP contribution in [0.3, 0.4) is 0 Å². The predicted octanol–water partition coefficient (Wildman–Crippen LogP) is 9.19. The van der Waals surface area contributed by atoms with Gasteiger partial charge in [0.25, 0.3) is 0 Å². The molecule has 5 rings (SSSR count). The minimum Gasteiger partial charge on any atom is -0.384 e. The fraction of sp³-hybridized carbons (Fsp3) is 0.308. The van der Waals surface area contributed by atoms with Crippen LogP contribution in [0.4, 0.5) is 5.69 Å². The highest BCUT2D eigenvalue weighted by Gasteiger charge is 2.13. The summed E-state index contributed by atoms with van der Waals surface area (Å²) in [7, 11) is 0. The summed E-state index contributed by atoms with van der Waals surface area (Å²) in [6.07, 6.45) is 7.99. The van der Waals surface area contributed by atoms with Gasteiger partial charge in [-0.1, -0.05) is 63.3 Å². The summed E-state index contributed by atoms with van der Waals surface area (Å²) in [6, 6.07) is 16.1. The second-order valence-corrected chi connectivity index (χ2v) is 9.78. The second kappa shape index (κ2) is 8.33. The van der Waals surface area contributed by atoms with E-state index in [-0.39, 0.29) is 0 Å². The number of hydrogen-bond acceptors (Lipinski definition) is 3. The Labute approximate surface area is 180 Å². The molecule has 29 heavy (non-hydrogen) atoms. The van der Waals surface area contributed by atoms with Crippen molar-refractivity contribution in [3.63, 3.8) is 0 Å². The van der Waals surface area contributed by atoms with E-state index in [1.54, 1.807) is 0 Å². The molecule has 0 bridgehead atoms. The summed E-state index contributed by atoms with van der Waals surface area (Å²) >= 11 is 3.71. The van der Waals surface area contributed by atoms with Gasteiger partial charge in [-0.15, -0.1) is 22.7 Å².